The Hall–Kier alpha value is -1.40. The Balaban J connectivity index is 1.92. The third-order valence-electron chi connectivity index (χ3n) is 2.91. The molecule has 6 heteroatoms. The molecule has 0 bridgehead atoms. The van der Waals surface area contributed by atoms with Gasteiger partial charge in [-0.05, 0) is 37.2 Å². The molecule has 0 aliphatic carbocycles. The lowest BCUT2D eigenvalue weighted by Gasteiger charge is -2.11. The van der Waals surface area contributed by atoms with Crippen molar-refractivity contribution in [2.24, 2.45) is 0 Å². The van der Waals surface area contributed by atoms with Crippen molar-refractivity contribution in [3.63, 3.8) is 0 Å². The van der Waals surface area contributed by atoms with Crippen LogP contribution in [-0.4, -0.2) is 27.5 Å². The van der Waals surface area contributed by atoms with E-state index in [1.165, 1.54) is 0 Å². The lowest BCUT2D eigenvalue weighted by atomic mass is 10.2. The summed E-state index contributed by atoms with van der Waals surface area (Å²) in [4.78, 5) is 0. The standard InChI is InChI=1S/C11H13N3O2S/c17-11-13-12-10(9-4-2-6-16-9)14(11)7-8-3-1-5-15-8/h2,4,6,8H,1,3,5,7H2,(H,13,17)/t8-/m0/s1. The first-order chi connectivity index (χ1) is 8.34. The van der Waals surface area contributed by atoms with Gasteiger partial charge in [-0.25, -0.2) is 0 Å². The molecule has 90 valence electrons. The monoisotopic (exact) mass is 251 g/mol. The van der Waals surface area contributed by atoms with Crippen LogP contribution in [0.3, 0.4) is 0 Å². The zero-order chi connectivity index (χ0) is 11.7. The average Bonchev–Trinajstić information content (AvgIpc) is 3.03. The molecule has 1 aliphatic heterocycles. The Labute approximate surface area is 103 Å². The van der Waals surface area contributed by atoms with Crippen LogP contribution in [0.4, 0.5) is 0 Å². The average molecular weight is 251 g/mol. The molecule has 1 aliphatic rings. The second-order valence-corrected chi connectivity index (χ2v) is 4.46. The number of hydrogen-bond acceptors (Lipinski definition) is 4. The first-order valence-electron chi connectivity index (χ1n) is 5.65. The lowest BCUT2D eigenvalue weighted by molar-refractivity contribution is 0.0969. The van der Waals surface area contributed by atoms with Crippen LogP contribution in [0.2, 0.25) is 0 Å². The van der Waals surface area contributed by atoms with Gasteiger partial charge < -0.3 is 9.15 Å². The van der Waals surface area contributed by atoms with Crippen LogP contribution in [-0.2, 0) is 11.3 Å². The maximum Gasteiger partial charge on any atom is 0.198 e. The molecule has 0 aromatic carbocycles. The molecule has 0 spiro atoms. The van der Waals surface area contributed by atoms with Crippen molar-refractivity contribution in [2.45, 2.75) is 25.5 Å². The van der Waals surface area contributed by atoms with Crippen LogP contribution < -0.4 is 0 Å². The topological polar surface area (TPSA) is 56.0 Å². The summed E-state index contributed by atoms with van der Waals surface area (Å²) in [7, 11) is 0. The highest BCUT2D eigenvalue weighted by Crippen LogP contribution is 2.20. The minimum atomic E-state index is 0.230. The van der Waals surface area contributed by atoms with E-state index < -0.39 is 0 Å². The summed E-state index contributed by atoms with van der Waals surface area (Å²) in [5, 5.41) is 7.00. The first kappa shape index (κ1) is 10.7. The number of aromatic amines is 1. The van der Waals surface area contributed by atoms with Gasteiger partial charge in [0.25, 0.3) is 0 Å². The van der Waals surface area contributed by atoms with Crippen molar-refractivity contribution in [2.75, 3.05) is 6.61 Å². The maximum absolute atomic E-state index is 5.61. The van der Waals surface area contributed by atoms with E-state index in [4.69, 9.17) is 21.4 Å². The minimum absolute atomic E-state index is 0.230. The fraction of sp³-hybridized carbons (Fsp3) is 0.455. The number of nitrogens with one attached hydrogen (secondary N) is 1. The molecule has 0 radical (unpaired) electrons. The van der Waals surface area contributed by atoms with Crippen LogP contribution in [0.5, 0.6) is 0 Å². The molecule has 3 rings (SSSR count). The van der Waals surface area contributed by atoms with E-state index in [-0.39, 0.29) is 6.10 Å². The fourth-order valence-corrected chi connectivity index (χ4v) is 2.28. The summed E-state index contributed by atoms with van der Waals surface area (Å²) < 4.78 is 13.5. The second-order valence-electron chi connectivity index (χ2n) is 4.08. The smallest absolute Gasteiger partial charge is 0.198 e. The highest BCUT2D eigenvalue weighted by molar-refractivity contribution is 7.71. The molecule has 1 fully saturated rings. The molecule has 2 aromatic heterocycles. The normalized spacial score (nSPS) is 19.9. The third-order valence-corrected chi connectivity index (χ3v) is 3.22. The van der Waals surface area contributed by atoms with Gasteiger partial charge in [0.05, 0.1) is 18.9 Å². The number of rotatable bonds is 3. The van der Waals surface area contributed by atoms with Gasteiger partial charge in [-0.1, -0.05) is 0 Å². The van der Waals surface area contributed by atoms with Gasteiger partial charge in [-0.3, -0.25) is 9.67 Å². The summed E-state index contributed by atoms with van der Waals surface area (Å²) in [6.45, 7) is 1.57. The lowest BCUT2D eigenvalue weighted by Crippen LogP contribution is -2.15. The Morgan fingerprint density at radius 3 is 3.24 bits per heavy atom. The number of aromatic nitrogens is 3. The predicted octanol–water partition coefficient (Wildman–Crippen LogP) is 2.38. The molecule has 5 nitrogen and oxygen atoms in total. The molecule has 0 saturated carbocycles. The molecule has 3 heterocycles. The number of ether oxygens (including phenoxy) is 1. The minimum Gasteiger partial charge on any atom is -0.461 e. The van der Waals surface area contributed by atoms with Gasteiger partial charge in [-0.15, -0.1) is 0 Å². The summed E-state index contributed by atoms with van der Waals surface area (Å²) in [6.07, 6.45) is 4.05. The van der Waals surface area contributed by atoms with E-state index in [1.807, 2.05) is 16.7 Å². The van der Waals surface area contributed by atoms with E-state index >= 15 is 0 Å². The molecule has 17 heavy (non-hydrogen) atoms. The van der Waals surface area contributed by atoms with Crippen LogP contribution in [0.1, 0.15) is 12.8 Å². The zero-order valence-electron chi connectivity index (χ0n) is 9.26. The highest BCUT2D eigenvalue weighted by Gasteiger charge is 2.19. The van der Waals surface area contributed by atoms with E-state index in [1.54, 1.807) is 6.26 Å². The molecular weight excluding hydrogens is 238 g/mol. The number of H-pyrrole nitrogens is 1. The second kappa shape index (κ2) is 4.46. The van der Waals surface area contributed by atoms with Crippen molar-refractivity contribution in [1.82, 2.24) is 14.8 Å². The maximum atomic E-state index is 5.61. The van der Waals surface area contributed by atoms with E-state index in [0.29, 0.717) is 4.77 Å². The fourth-order valence-electron chi connectivity index (χ4n) is 2.07. The quantitative estimate of drug-likeness (QED) is 0.851. The molecule has 1 atom stereocenters. The molecule has 0 unspecified atom stereocenters. The summed E-state index contributed by atoms with van der Waals surface area (Å²) >= 11 is 5.23. The van der Waals surface area contributed by atoms with Crippen molar-refractivity contribution in [3.05, 3.63) is 23.2 Å². The highest BCUT2D eigenvalue weighted by atomic mass is 32.1. The number of furan rings is 1. The molecule has 1 saturated heterocycles. The molecule has 2 aromatic rings. The van der Waals surface area contributed by atoms with Gasteiger partial charge in [0.2, 0.25) is 0 Å². The van der Waals surface area contributed by atoms with Crippen LogP contribution in [0, 0.1) is 4.77 Å². The SMILES string of the molecule is S=c1[nH]nc(-c2ccco2)n1C[C@@H]1CCCO1. The van der Waals surface area contributed by atoms with Gasteiger partial charge >= 0.3 is 0 Å². The molecule has 0 amide bonds. The van der Waals surface area contributed by atoms with Crippen molar-refractivity contribution in [3.8, 4) is 11.6 Å². The van der Waals surface area contributed by atoms with Crippen LogP contribution >= 0.6 is 12.2 Å². The van der Waals surface area contributed by atoms with Crippen molar-refractivity contribution >= 4 is 12.2 Å². The molecular formula is C11H13N3O2S. The van der Waals surface area contributed by atoms with Gasteiger partial charge in [0, 0.05) is 6.61 Å². The van der Waals surface area contributed by atoms with E-state index in [9.17, 15) is 0 Å². The van der Waals surface area contributed by atoms with Gasteiger partial charge in [-0.2, -0.15) is 5.10 Å². The predicted molar refractivity (Wildman–Crippen MR) is 64.1 cm³/mol. The Morgan fingerprint density at radius 2 is 2.53 bits per heavy atom. The largest absolute Gasteiger partial charge is 0.461 e. The van der Waals surface area contributed by atoms with Gasteiger partial charge in [0.1, 0.15) is 0 Å². The van der Waals surface area contributed by atoms with Gasteiger partial charge in [0.15, 0.2) is 16.4 Å². The Morgan fingerprint density at radius 1 is 1.59 bits per heavy atom. The van der Waals surface area contributed by atoms with Crippen molar-refractivity contribution in [1.29, 1.82) is 0 Å². The summed E-state index contributed by atoms with van der Waals surface area (Å²) in [5.41, 5.74) is 0. The van der Waals surface area contributed by atoms with Crippen LogP contribution in [0.25, 0.3) is 11.6 Å². The summed E-state index contributed by atoms with van der Waals surface area (Å²) in [6, 6.07) is 3.71. The third kappa shape index (κ3) is 2.05. The molecule has 1 N–H and O–H groups in total. The summed E-state index contributed by atoms with van der Waals surface area (Å²) in [5.74, 6) is 1.45. The Bertz CT molecular complexity index is 537. The van der Waals surface area contributed by atoms with E-state index in [0.717, 1.165) is 37.6 Å². The zero-order valence-corrected chi connectivity index (χ0v) is 10.1. The number of hydrogen-bond donors (Lipinski definition) is 1. The number of nitrogens with zero attached hydrogens (tertiary/aromatic N) is 2. The Kier molecular flexibility index (Phi) is 2.82. The van der Waals surface area contributed by atoms with Crippen molar-refractivity contribution < 1.29 is 9.15 Å². The van der Waals surface area contributed by atoms with Crippen LogP contribution in [0.15, 0.2) is 22.8 Å². The first-order valence-corrected chi connectivity index (χ1v) is 6.06. The van der Waals surface area contributed by atoms with E-state index in [2.05, 4.69) is 10.2 Å².